The van der Waals surface area contributed by atoms with Gasteiger partial charge < -0.3 is 14.1 Å². The third kappa shape index (κ3) is 4.95. The molecular formula is C23H21Cl2NO5S. The number of furan rings is 1. The second-order valence-electron chi connectivity index (χ2n) is 7.61. The quantitative estimate of drug-likeness (QED) is 0.477. The first-order chi connectivity index (χ1) is 15.3. The number of sulfone groups is 1. The van der Waals surface area contributed by atoms with Crippen molar-refractivity contribution in [3.8, 4) is 17.1 Å². The van der Waals surface area contributed by atoms with E-state index in [0.29, 0.717) is 44.9 Å². The largest absolute Gasteiger partial charge is 0.497 e. The van der Waals surface area contributed by atoms with Crippen molar-refractivity contribution in [3.05, 3.63) is 76.0 Å². The van der Waals surface area contributed by atoms with Gasteiger partial charge in [0.1, 0.15) is 17.3 Å². The van der Waals surface area contributed by atoms with Crippen molar-refractivity contribution < 1.29 is 22.4 Å². The summed E-state index contributed by atoms with van der Waals surface area (Å²) in [5.74, 6) is 1.39. The van der Waals surface area contributed by atoms with Crippen LogP contribution in [0.15, 0.2) is 59.0 Å². The molecule has 2 heterocycles. The molecule has 6 nitrogen and oxygen atoms in total. The Morgan fingerprint density at radius 2 is 1.88 bits per heavy atom. The van der Waals surface area contributed by atoms with Gasteiger partial charge in [-0.15, -0.1) is 0 Å². The number of nitrogens with zero attached hydrogens (tertiary/aromatic N) is 1. The fourth-order valence-corrected chi connectivity index (χ4v) is 5.86. The van der Waals surface area contributed by atoms with Gasteiger partial charge in [0.25, 0.3) is 5.91 Å². The fraction of sp³-hybridized carbons (Fsp3) is 0.261. The molecule has 0 aliphatic carbocycles. The number of hydrogen-bond donors (Lipinski definition) is 0. The zero-order valence-electron chi connectivity index (χ0n) is 17.3. The van der Waals surface area contributed by atoms with Crippen molar-refractivity contribution in [2.75, 3.05) is 18.6 Å². The van der Waals surface area contributed by atoms with Crippen molar-refractivity contribution in [1.29, 1.82) is 0 Å². The van der Waals surface area contributed by atoms with Crippen LogP contribution in [0.25, 0.3) is 11.3 Å². The second kappa shape index (κ2) is 9.17. The van der Waals surface area contributed by atoms with Gasteiger partial charge in [-0.3, -0.25) is 4.79 Å². The van der Waals surface area contributed by atoms with Crippen LogP contribution in [0.2, 0.25) is 10.0 Å². The summed E-state index contributed by atoms with van der Waals surface area (Å²) in [6.07, 6.45) is 0.387. The highest BCUT2D eigenvalue weighted by Crippen LogP contribution is 2.33. The first-order valence-corrected chi connectivity index (χ1v) is 12.5. The Hall–Kier alpha value is -2.48. The highest BCUT2D eigenvalue weighted by atomic mass is 35.5. The Morgan fingerprint density at radius 1 is 1.12 bits per heavy atom. The summed E-state index contributed by atoms with van der Waals surface area (Å²) in [7, 11) is -1.64. The molecule has 1 aliphatic rings. The van der Waals surface area contributed by atoms with Crippen LogP contribution in [0.1, 0.15) is 22.5 Å². The maximum atomic E-state index is 13.3. The number of halogens is 2. The predicted molar refractivity (Wildman–Crippen MR) is 124 cm³/mol. The average Bonchev–Trinajstić information content (AvgIpc) is 3.39. The number of rotatable bonds is 6. The van der Waals surface area contributed by atoms with Gasteiger partial charge in [-0.05, 0) is 61.0 Å². The molecule has 32 heavy (non-hydrogen) atoms. The second-order valence-corrected chi connectivity index (χ2v) is 10.7. The van der Waals surface area contributed by atoms with Gasteiger partial charge in [0, 0.05) is 22.2 Å². The summed E-state index contributed by atoms with van der Waals surface area (Å²) >= 11 is 12.4. The minimum atomic E-state index is -3.18. The van der Waals surface area contributed by atoms with Gasteiger partial charge in [0.05, 0.1) is 30.2 Å². The highest BCUT2D eigenvalue weighted by Gasteiger charge is 2.35. The van der Waals surface area contributed by atoms with Crippen LogP contribution < -0.4 is 4.74 Å². The van der Waals surface area contributed by atoms with Crippen molar-refractivity contribution in [3.63, 3.8) is 0 Å². The van der Waals surface area contributed by atoms with Gasteiger partial charge in [0.15, 0.2) is 9.84 Å². The predicted octanol–water partition coefficient (Wildman–Crippen LogP) is 5.09. The number of ether oxygens (including phenoxy) is 1. The molecule has 0 spiro atoms. The first-order valence-electron chi connectivity index (χ1n) is 9.95. The van der Waals surface area contributed by atoms with Gasteiger partial charge in [-0.2, -0.15) is 0 Å². The third-order valence-electron chi connectivity index (χ3n) is 5.43. The van der Waals surface area contributed by atoms with Crippen LogP contribution >= 0.6 is 23.2 Å². The van der Waals surface area contributed by atoms with E-state index in [4.69, 9.17) is 32.4 Å². The topological polar surface area (TPSA) is 76.8 Å². The maximum Gasteiger partial charge on any atom is 0.254 e. The molecule has 0 N–H and O–H groups in total. The van der Waals surface area contributed by atoms with Crippen LogP contribution in [-0.2, 0) is 16.4 Å². The van der Waals surface area contributed by atoms with Crippen molar-refractivity contribution >= 4 is 38.9 Å². The molecule has 0 saturated carbocycles. The summed E-state index contributed by atoms with van der Waals surface area (Å²) in [6, 6.07) is 14.9. The molecule has 9 heteroatoms. The van der Waals surface area contributed by atoms with E-state index in [1.54, 1.807) is 66.6 Å². The van der Waals surface area contributed by atoms with E-state index in [9.17, 15) is 13.2 Å². The summed E-state index contributed by atoms with van der Waals surface area (Å²) in [4.78, 5) is 14.9. The summed E-state index contributed by atoms with van der Waals surface area (Å²) in [5, 5.41) is 1.01. The lowest BCUT2D eigenvalue weighted by molar-refractivity contribution is 0.0666. The van der Waals surface area contributed by atoms with E-state index >= 15 is 0 Å². The van der Waals surface area contributed by atoms with Crippen LogP contribution in [0.4, 0.5) is 0 Å². The summed E-state index contributed by atoms with van der Waals surface area (Å²) in [5.41, 5.74) is 1.08. The van der Waals surface area contributed by atoms with Crippen LogP contribution in [0, 0.1) is 0 Å². The Morgan fingerprint density at radius 3 is 2.53 bits per heavy atom. The minimum Gasteiger partial charge on any atom is -0.497 e. The van der Waals surface area contributed by atoms with E-state index in [0.717, 1.165) is 0 Å². The molecule has 1 atom stereocenters. The van der Waals surface area contributed by atoms with Crippen molar-refractivity contribution in [2.45, 2.75) is 19.0 Å². The number of hydrogen-bond acceptors (Lipinski definition) is 5. The Labute approximate surface area is 196 Å². The molecule has 0 unspecified atom stereocenters. The van der Waals surface area contributed by atoms with E-state index in [1.807, 2.05) is 0 Å². The molecule has 4 rings (SSSR count). The molecule has 1 amide bonds. The van der Waals surface area contributed by atoms with Gasteiger partial charge in [-0.25, -0.2) is 8.42 Å². The minimum absolute atomic E-state index is 0.0611. The molecule has 168 valence electrons. The zero-order valence-corrected chi connectivity index (χ0v) is 19.6. The van der Waals surface area contributed by atoms with Crippen molar-refractivity contribution in [1.82, 2.24) is 4.90 Å². The smallest absolute Gasteiger partial charge is 0.254 e. The monoisotopic (exact) mass is 493 g/mol. The van der Waals surface area contributed by atoms with Crippen LogP contribution in [0.3, 0.4) is 0 Å². The van der Waals surface area contributed by atoms with E-state index in [1.165, 1.54) is 0 Å². The number of benzene rings is 2. The highest BCUT2D eigenvalue weighted by molar-refractivity contribution is 7.91. The lowest BCUT2D eigenvalue weighted by Gasteiger charge is -2.27. The number of carbonyl (C=O) groups excluding carboxylic acids is 1. The Balaban J connectivity index is 1.63. The fourth-order valence-electron chi connectivity index (χ4n) is 3.75. The summed E-state index contributed by atoms with van der Waals surface area (Å²) < 4.78 is 35.3. The molecule has 2 aromatic carbocycles. The van der Waals surface area contributed by atoms with Gasteiger partial charge in [0.2, 0.25) is 0 Å². The van der Waals surface area contributed by atoms with E-state index in [2.05, 4.69) is 0 Å². The zero-order chi connectivity index (χ0) is 22.9. The number of carbonyl (C=O) groups is 1. The first kappa shape index (κ1) is 22.7. The van der Waals surface area contributed by atoms with Crippen LogP contribution in [0.5, 0.6) is 5.75 Å². The van der Waals surface area contributed by atoms with E-state index in [-0.39, 0.29) is 24.0 Å². The standard InChI is InChI=1S/C23H21Cl2NO5S/c1-30-18-5-2-15(3-6-18)23(27)26(17-10-11-32(28,29)14-17)13-19-7-9-22(31-19)20-12-16(24)4-8-21(20)25/h2-9,12,17H,10-11,13-14H2,1H3/t17-/m1/s1. The van der Waals surface area contributed by atoms with Crippen LogP contribution in [-0.4, -0.2) is 43.9 Å². The molecule has 3 aromatic rings. The maximum absolute atomic E-state index is 13.3. The van der Waals surface area contributed by atoms with Gasteiger partial charge in [-0.1, -0.05) is 23.2 Å². The lowest BCUT2D eigenvalue weighted by atomic mass is 10.1. The Bertz CT molecular complexity index is 1240. The number of amides is 1. The molecule has 1 saturated heterocycles. The Kier molecular flexibility index (Phi) is 6.51. The third-order valence-corrected chi connectivity index (χ3v) is 7.74. The van der Waals surface area contributed by atoms with Crippen molar-refractivity contribution in [2.24, 2.45) is 0 Å². The molecule has 1 aromatic heterocycles. The lowest BCUT2D eigenvalue weighted by Crippen LogP contribution is -2.40. The molecule has 0 bridgehead atoms. The van der Waals surface area contributed by atoms with E-state index < -0.39 is 15.9 Å². The summed E-state index contributed by atoms with van der Waals surface area (Å²) in [6.45, 7) is 0.128. The number of methoxy groups -OCH3 is 1. The SMILES string of the molecule is COc1ccc(C(=O)N(Cc2ccc(-c3cc(Cl)ccc3Cl)o2)[C@@H]2CCS(=O)(=O)C2)cc1. The van der Waals surface area contributed by atoms with Gasteiger partial charge >= 0.3 is 0 Å². The molecule has 1 aliphatic heterocycles. The molecule has 0 radical (unpaired) electrons. The normalized spacial score (nSPS) is 17.3. The average molecular weight is 494 g/mol. The molecule has 1 fully saturated rings. The molecular weight excluding hydrogens is 473 g/mol.